The number of phenolic OH excluding ortho intramolecular Hbond substituents is 1. The van der Waals surface area contributed by atoms with Crippen LogP contribution in [0.5, 0.6) is 17.2 Å². The second-order valence-corrected chi connectivity index (χ2v) is 8.55. The van der Waals surface area contributed by atoms with Crippen LogP contribution in [-0.4, -0.2) is 16.0 Å². The third-order valence-corrected chi connectivity index (χ3v) is 5.72. The van der Waals surface area contributed by atoms with Gasteiger partial charge in [-0.25, -0.2) is 0 Å². The van der Waals surface area contributed by atoms with Gasteiger partial charge in [-0.15, -0.1) is 0 Å². The number of fused-ring (bicyclic) bond motifs is 1. The summed E-state index contributed by atoms with van der Waals surface area (Å²) < 4.78 is 6.25. The summed E-state index contributed by atoms with van der Waals surface area (Å²) in [5.74, 6) is -0.0949. The minimum atomic E-state index is -0.584. The van der Waals surface area contributed by atoms with Crippen molar-refractivity contribution in [3.05, 3.63) is 85.9 Å². The topological polar surface area (TPSA) is 71.5 Å². The van der Waals surface area contributed by atoms with Gasteiger partial charge in [0.1, 0.15) is 11.3 Å². The van der Waals surface area contributed by atoms with E-state index >= 15 is 0 Å². The molecule has 0 saturated carbocycles. The first-order chi connectivity index (χ1) is 14.8. The Morgan fingerprint density at radius 2 is 1.74 bits per heavy atom. The molecule has 0 saturated heterocycles. The molecule has 0 bridgehead atoms. The van der Waals surface area contributed by atoms with Crippen LogP contribution >= 0.6 is 50.7 Å². The Hall–Kier alpha value is -2.51. The van der Waals surface area contributed by atoms with Crippen LogP contribution in [-0.2, 0) is 0 Å². The summed E-state index contributed by atoms with van der Waals surface area (Å²) in [7, 11) is 0. The van der Waals surface area contributed by atoms with E-state index in [0.29, 0.717) is 26.4 Å². The number of ether oxygens (including phenoxy) is 1. The van der Waals surface area contributed by atoms with Crippen LogP contribution in [0.3, 0.4) is 0 Å². The molecule has 0 aliphatic heterocycles. The summed E-state index contributed by atoms with van der Waals surface area (Å²) >= 11 is 21.9. The zero-order valence-electron chi connectivity index (χ0n) is 15.5. The Labute approximate surface area is 200 Å². The molecule has 0 spiro atoms. The molecule has 0 aliphatic carbocycles. The van der Waals surface area contributed by atoms with Gasteiger partial charge in [0.05, 0.1) is 20.1 Å². The van der Waals surface area contributed by atoms with Gasteiger partial charge in [-0.3, -0.25) is 9.78 Å². The molecule has 1 aromatic heterocycles. The van der Waals surface area contributed by atoms with Crippen molar-refractivity contribution in [1.82, 2.24) is 4.98 Å². The first kappa shape index (κ1) is 21.7. The average Bonchev–Trinajstić information content (AvgIpc) is 2.73. The number of rotatable bonds is 4. The molecule has 4 rings (SSSR count). The van der Waals surface area contributed by atoms with Gasteiger partial charge in [0, 0.05) is 22.3 Å². The van der Waals surface area contributed by atoms with Gasteiger partial charge in [-0.05, 0) is 52.3 Å². The summed E-state index contributed by atoms with van der Waals surface area (Å²) in [6.45, 7) is 0. The third kappa shape index (κ3) is 4.57. The fraction of sp³-hybridized carbons (Fsp3) is 0. The van der Waals surface area contributed by atoms with Crippen molar-refractivity contribution in [2.24, 2.45) is 0 Å². The summed E-state index contributed by atoms with van der Waals surface area (Å²) in [4.78, 5) is 17.0. The number of benzene rings is 3. The molecule has 0 fully saturated rings. The lowest BCUT2D eigenvalue weighted by Gasteiger charge is -2.14. The molecule has 9 heteroatoms. The molecule has 0 radical (unpaired) electrons. The molecule has 0 unspecified atom stereocenters. The number of carbonyl (C=O) groups excluding carboxylic acids is 1. The predicted molar refractivity (Wildman–Crippen MR) is 127 cm³/mol. The fourth-order valence-electron chi connectivity index (χ4n) is 2.94. The van der Waals surface area contributed by atoms with E-state index in [0.717, 1.165) is 5.39 Å². The van der Waals surface area contributed by atoms with E-state index < -0.39 is 5.91 Å². The van der Waals surface area contributed by atoms with Crippen LogP contribution in [0.15, 0.2) is 65.3 Å². The van der Waals surface area contributed by atoms with Gasteiger partial charge in [0.25, 0.3) is 5.91 Å². The molecule has 3 aromatic carbocycles. The van der Waals surface area contributed by atoms with Crippen molar-refractivity contribution < 1.29 is 14.6 Å². The second kappa shape index (κ2) is 8.93. The normalized spacial score (nSPS) is 10.8. The molecule has 0 aliphatic rings. The third-order valence-electron chi connectivity index (χ3n) is 4.34. The standard InChI is InChI=1S/C22H12BrCl3N2O3/c23-15-8-12(24)7-14(20(15)29)22(30)28-13-9-16(25)21(17(26)10-13)31-18-5-1-3-11-4-2-6-27-19(11)18/h1-10,29H,(H,28,30). The van der Waals surface area contributed by atoms with Crippen LogP contribution < -0.4 is 10.1 Å². The van der Waals surface area contributed by atoms with Gasteiger partial charge in [-0.1, -0.05) is 53.0 Å². The van der Waals surface area contributed by atoms with Crippen molar-refractivity contribution in [2.75, 3.05) is 5.32 Å². The van der Waals surface area contributed by atoms with Gasteiger partial charge in [0.2, 0.25) is 0 Å². The second-order valence-electron chi connectivity index (χ2n) is 6.44. The van der Waals surface area contributed by atoms with Gasteiger partial charge in [-0.2, -0.15) is 0 Å². The molecule has 4 aromatic rings. The Morgan fingerprint density at radius 1 is 1.03 bits per heavy atom. The molecule has 5 nitrogen and oxygen atoms in total. The fourth-order valence-corrected chi connectivity index (χ4v) is 4.31. The van der Waals surface area contributed by atoms with Crippen LogP contribution in [0.2, 0.25) is 15.1 Å². The Balaban J connectivity index is 1.63. The maximum atomic E-state index is 12.6. The summed E-state index contributed by atoms with van der Waals surface area (Å²) in [5.41, 5.74) is 0.976. The van der Waals surface area contributed by atoms with Crippen molar-refractivity contribution >= 4 is 73.2 Å². The number of anilines is 1. The number of amides is 1. The number of para-hydroxylation sites is 1. The lowest BCUT2D eigenvalue weighted by atomic mass is 10.2. The molecule has 156 valence electrons. The lowest BCUT2D eigenvalue weighted by Crippen LogP contribution is -2.12. The highest BCUT2D eigenvalue weighted by molar-refractivity contribution is 9.10. The van der Waals surface area contributed by atoms with Crippen molar-refractivity contribution in [2.45, 2.75) is 0 Å². The van der Waals surface area contributed by atoms with Crippen molar-refractivity contribution in [1.29, 1.82) is 0 Å². The quantitative estimate of drug-likeness (QED) is 0.279. The summed E-state index contributed by atoms with van der Waals surface area (Å²) in [6.07, 6.45) is 1.67. The number of phenols is 1. The first-order valence-electron chi connectivity index (χ1n) is 8.83. The Bertz CT molecular complexity index is 1300. The molecule has 1 heterocycles. The highest BCUT2D eigenvalue weighted by Crippen LogP contribution is 2.40. The molecular formula is C22H12BrCl3N2O3. The van der Waals surface area contributed by atoms with Gasteiger partial charge in [0.15, 0.2) is 11.5 Å². The highest BCUT2D eigenvalue weighted by Gasteiger charge is 2.18. The van der Waals surface area contributed by atoms with Crippen LogP contribution in [0.1, 0.15) is 10.4 Å². The number of nitrogens with zero attached hydrogens (tertiary/aromatic N) is 1. The largest absolute Gasteiger partial charge is 0.506 e. The summed E-state index contributed by atoms with van der Waals surface area (Å²) in [6, 6.07) is 15.1. The predicted octanol–water partition coefficient (Wildman–Crippen LogP) is 7.71. The van der Waals surface area contributed by atoms with E-state index in [1.165, 1.54) is 24.3 Å². The van der Waals surface area contributed by atoms with Gasteiger partial charge < -0.3 is 15.2 Å². The Kier molecular flexibility index (Phi) is 6.25. The number of hydrogen-bond donors (Lipinski definition) is 2. The van der Waals surface area contributed by atoms with E-state index in [1.54, 1.807) is 12.3 Å². The zero-order chi connectivity index (χ0) is 22.1. The van der Waals surface area contributed by atoms with E-state index in [4.69, 9.17) is 39.5 Å². The minimum Gasteiger partial charge on any atom is -0.506 e. The molecule has 1 amide bonds. The summed E-state index contributed by atoms with van der Waals surface area (Å²) in [5, 5.41) is 14.3. The Morgan fingerprint density at radius 3 is 2.48 bits per heavy atom. The van der Waals surface area contributed by atoms with E-state index in [1.807, 2.05) is 24.3 Å². The number of hydrogen-bond acceptors (Lipinski definition) is 4. The molecule has 0 atom stereocenters. The highest BCUT2D eigenvalue weighted by atomic mass is 79.9. The number of carbonyl (C=O) groups is 1. The molecular weight excluding hydrogens is 527 g/mol. The monoisotopic (exact) mass is 536 g/mol. The van der Waals surface area contributed by atoms with Crippen LogP contribution in [0, 0.1) is 0 Å². The van der Waals surface area contributed by atoms with Crippen LogP contribution in [0.4, 0.5) is 5.69 Å². The van der Waals surface area contributed by atoms with E-state index in [2.05, 4.69) is 26.2 Å². The lowest BCUT2D eigenvalue weighted by molar-refractivity contribution is 0.102. The van der Waals surface area contributed by atoms with E-state index in [-0.39, 0.29) is 27.1 Å². The molecule has 31 heavy (non-hydrogen) atoms. The van der Waals surface area contributed by atoms with Gasteiger partial charge >= 0.3 is 0 Å². The minimum absolute atomic E-state index is 0.00576. The number of aromatic nitrogens is 1. The number of halogens is 4. The maximum Gasteiger partial charge on any atom is 0.259 e. The maximum absolute atomic E-state index is 12.6. The number of nitrogens with one attached hydrogen (secondary N) is 1. The van der Waals surface area contributed by atoms with Crippen molar-refractivity contribution in [3.63, 3.8) is 0 Å². The SMILES string of the molecule is O=C(Nc1cc(Cl)c(Oc2cccc3cccnc23)c(Cl)c1)c1cc(Cl)cc(Br)c1O. The average molecular weight is 539 g/mol. The van der Waals surface area contributed by atoms with E-state index in [9.17, 15) is 9.90 Å². The molecule has 2 N–H and O–H groups in total. The van der Waals surface area contributed by atoms with Crippen LogP contribution in [0.25, 0.3) is 10.9 Å². The number of aromatic hydroxyl groups is 1. The number of pyridine rings is 1. The first-order valence-corrected chi connectivity index (χ1v) is 10.8. The van der Waals surface area contributed by atoms with Crippen molar-refractivity contribution in [3.8, 4) is 17.2 Å². The smallest absolute Gasteiger partial charge is 0.259 e. The zero-order valence-corrected chi connectivity index (χ0v) is 19.4.